The molecule has 1 fully saturated rings. The summed E-state index contributed by atoms with van der Waals surface area (Å²) >= 11 is 0. The molecule has 98 valence electrons. The molecule has 1 aromatic rings. The Labute approximate surface area is 108 Å². The van der Waals surface area contributed by atoms with Gasteiger partial charge in [0.2, 0.25) is 5.91 Å². The van der Waals surface area contributed by atoms with Crippen LogP contribution in [0.15, 0.2) is 24.3 Å². The average molecular weight is 247 g/mol. The SMILES string of the molecule is CCN(c1ccc(CN)cc1)C1CCN(C)C1=O. The van der Waals surface area contributed by atoms with Gasteiger partial charge in [0.25, 0.3) is 0 Å². The van der Waals surface area contributed by atoms with Crippen molar-refractivity contribution in [2.45, 2.75) is 25.9 Å². The number of nitrogens with zero attached hydrogens (tertiary/aromatic N) is 2. The first kappa shape index (κ1) is 12.9. The maximum atomic E-state index is 12.1. The average Bonchev–Trinajstić information content (AvgIpc) is 2.73. The highest BCUT2D eigenvalue weighted by Gasteiger charge is 2.33. The molecule has 0 spiro atoms. The smallest absolute Gasteiger partial charge is 0.245 e. The van der Waals surface area contributed by atoms with E-state index in [0.29, 0.717) is 6.54 Å². The molecule has 1 saturated heterocycles. The number of nitrogens with two attached hydrogens (primary N) is 1. The highest BCUT2D eigenvalue weighted by atomic mass is 16.2. The van der Waals surface area contributed by atoms with Crippen molar-refractivity contribution in [1.82, 2.24) is 4.90 Å². The van der Waals surface area contributed by atoms with Gasteiger partial charge in [0.05, 0.1) is 0 Å². The van der Waals surface area contributed by atoms with Crippen molar-refractivity contribution < 1.29 is 4.79 Å². The minimum Gasteiger partial charge on any atom is -0.360 e. The predicted molar refractivity (Wildman–Crippen MR) is 73.4 cm³/mol. The Morgan fingerprint density at radius 3 is 2.50 bits per heavy atom. The van der Waals surface area contributed by atoms with E-state index >= 15 is 0 Å². The molecule has 1 unspecified atom stereocenters. The van der Waals surface area contributed by atoms with Crippen LogP contribution in [0.1, 0.15) is 18.9 Å². The van der Waals surface area contributed by atoms with Crippen LogP contribution in [0.4, 0.5) is 5.69 Å². The third kappa shape index (κ3) is 2.34. The molecule has 1 amide bonds. The first-order valence-electron chi connectivity index (χ1n) is 6.48. The maximum Gasteiger partial charge on any atom is 0.245 e. The first-order chi connectivity index (χ1) is 8.67. The van der Waals surface area contributed by atoms with E-state index < -0.39 is 0 Å². The van der Waals surface area contributed by atoms with E-state index in [-0.39, 0.29) is 11.9 Å². The van der Waals surface area contributed by atoms with Crippen LogP contribution in [0.25, 0.3) is 0 Å². The van der Waals surface area contributed by atoms with Crippen LogP contribution in [-0.2, 0) is 11.3 Å². The Kier molecular flexibility index (Phi) is 3.87. The van der Waals surface area contributed by atoms with Gasteiger partial charge in [-0.2, -0.15) is 0 Å². The lowest BCUT2D eigenvalue weighted by molar-refractivity contribution is -0.127. The summed E-state index contributed by atoms with van der Waals surface area (Å²) in [7, 11) is 1.87. The van der Waals surface area contributed by atoms with Crippen molar-refractivity contribution in [1.29, 1.82) is 0 Å². The van der Waals surface area contributed by atoms with E-state index in [2.05, 4.69) is 24.0 Å². The molecule has 2 N–H and O–H groups in total. The molecular formula is C14H21N3O. The molecule has 1 heterocycles. The molecule has 4 heteroatoms. The fourth-order valence-corrected chi connectivity index (χ4v) is 2.50. The molecule has 2 rings (SSSR count). The van der Waals surface area contributed by atoms with Crippen LogP contribution >= 0.6 is 0 Å². The molecule has 0 saturated carbocycles. The van der Waals surface area contributed by atoms with Crippen molar-refractivity contribution in [3.8, 4) is 0 Å². The zero-order chi connectivity index (χ0) is 13.1. The molecular weight excluding hydrogens is 226 g/mol. The van der Waals surface area contributed by atoms with Crippen molar-refractivity contribution in [3.63, 3.8) is 0 Å². The van der Waals surface area contributed by atoms with Gasteiger partial charge >= 0.3 is 0 Å². The van der Waals surface area contributed by atoms with Gasteiger partial charge in [-0.15, -0.1) is 0 Å². The van der Waals surface area contributed by atoms with Gasteiger partial charge in [0.1, 0.15) is 6.04 Å². The van der Waals surface area contributed by atoms with Crippen molar-refractivity contribution in [2.75, 3.05) is 25.0 Å². The number of carbonyl (C=O) groups is 1. The fourth-order valence-electron chi connectivity index (χ4n) is 2.50. The molecule has 0 aromatic heterocycles. The third-order valence-corrected chi connectivity index (χ3v) is 3.62. The highest BCUT2D eigenvalue weighted by Crippen LogP contribution is 2.23. The molecule has 1 aliphatic rings. The summed E-state index contributed by atoms with van der Waals surface area (Å²) in [5, 5.41) is 0. The largest absolute Gasteiger partial charge is 0.360 e. The van der Waals surface area contributed by atoms with E-state index in [4.69, 9.17) is 5.73 Å². The number of likely N-dealkylation sites (tertiary alicyclic amines) is 1. The fraction of sp³-hybridized carbons (Fsp3) is 0.500. The van der Waals surface area contributed by atoms with Gasteiger partial charge in [-0.3, -0.25) is 4.79 Å². The standard InChI is InChI=1S/C14H21N3O/c1-3-17(13-8-9-16(2)14(13)18)12-6-4-11(10-15)5-7-12/h4-7,13H,3,8-10,15H2,1-2H3. The van der Waals surface area contributed by atoms with E-state index in [1.165, 1.54) is 0 Å². The molecule has 1 atom stereocenters. The number of benzene rings is 1. The van der Waals surface area contributed by atoms with Gasteiger partial charge in [-0.1, -0.05) is 12.1 Å². The van der Waals surface area contributed by atoms with Crippen LogP contribution < -0.4 is 10.6 Å². The summed E-state index contributed by atoms with van der Waals surface area (Å²) < 4.78 is 0. The second-order valence-corrected chi connectivity index (χ2v) is 4.72. The Morgan fingerprint density at radius 2 is 2.06 bits per heavy atom. The zero-order valence-electron chi connectivity index (χ0n) is 11.1. The van der Waals surface area contributed by atoms with Crippen LogP contribution in [0, 0.1) is 0 Å². The van der Waals surface area contributed by atoms with E-state index in [1.807, 2.05) is 24.1 Å². The van der Waals surface area contributed by atoms with Gasteiger partial charge in [-0.25, -0.2) is 0 Å². The minimum absolute atomic E-state index is 0.0104. The Balaban J connectivity index is 2.19. The van der Waals surface area contributed by atoms with Crippen molar-refractivity contribution in [2.24, 2.45) is 5.73 Å². The molecule has 1 aliphatic heterocycles. The Bertz CT molecular complexity index is 416. The van der Waals surface area contributed by atoms with E-state index in [9.17, 15) is 4.79 Å². The summed E-state index contributed by atoms with van der Waals surface area (Å²) in [6.45, 7) is 4.33. The molecule has 0 aliphatic carbocycles. The predicted octanol–water partition coefficient (Wildman–Crippen LogP) is 1.20. The van der Waals surface area contributed by atoms with Crippen molar-refractivity contribution in [3.05, 3.63) is 29.8 Å². The zero-order valence-corrected chi connectivity index (χ0v) is 11.1. The van der Waals surface area contributed by atoms with E-state index in [0.717, 1.165) is 30.8 Å². The molecule has 0 bridgehead atoms. The van der Waals surface area contributed by atoms with Crippen LogP contribution in [0.2, 0.25) is 0 Å². The van der Waals surface area contributed by atoms with Gasteiger partial charge < -0.3 is 15.5 Å². The highest BCUT2D eigenvalue weighted by molar-refractivity contribution is 5.87. The van der Waals surface area contributed by atoms with Gasteiger partial charge in [0, 0.05) is 32.4 Å². The number of likely N-dealkylation sites (N-methyl/N-ethyl adjacent to an activating group) is 2. The van der Waals surface area contributed by atoms with Crippen LogP contribution in [-0.4, -0.2) is 37.0 Å². The maximum absolute atomic E-state index is 12.1. The second kappa shape index (κ2) is 5.40. The lowest BCUT2D eigenvalue weighted by Gasteiger charge is -2.28. The second-order valence-electron chi connectivity index (χ2n) is 4.72. The van der Waals surface area contributed by atoms with Gasteiger partial charge in [0.15, 0.2) is 0 Å². The number of amides is 1. The minimum atomic E-state index is -0.0104. The first-order valence-corrected chi connectivity index (χ1v) is 6.48. The lowest BCUT2D eigenvalue weighted by Crippen LogP contribution is -2.41. The van der Waals surface area contributed by atoms with Crippen LogP contribution in [0.5, 0.6) is 0 Å². The monoisotopic (exact) mass is 247 g/mol. The Hall–Kier alpha value is -1.55. The quantitative estimate of drug-likeness (QED) is 0.870. The summed E-state index contributed by atoms with van der Waals surface area (Å²) in [6, 6.07) is 8.15. The Morgan fingerprint density at radius 1 is 1.39 bits per heavy atom. The van der Waals surface area contributed by atoms with Gasteiger partial charge in [-0.05, 0) is 31.0 Å². The molecule has 1 aromatic carbocycles. The molecule has 4 nitrogen and oxygen atoms in total. The number of hydrogen-bond donors (Lipinski definition) is 1. The molecule has 0 radical (unpaired) electrons. The normalized spacial score (nSPS) is 19.4. The summed E-state index contributed by atoms with van der Waals surface area (Å²) in [5.41, 5.74) is 7.81. The van der Waals surface area contributed by atoms with Crippen LogP contribution in [0.3, 0.4) is 0 Å². The number of anilines is 1. The molecule has 18 heavy (non-hydrogen) atoms. The third-order valence-electron chi connectivity index (χ3n) is 3.62. The number of carbonyl (C=O) groups excluding carboxylic acids is 1. The number of hydrogen-bond acceptors (Lipinski definition) is 3. The summed E-state index contributed by atoms with van der Waals surface area (Å²) in [5.74, 6) is 0.222. The lowest BCUT2D eigenvalue weighted by atomic mass is 10.1. The number of rotatable bonds is 4. The summed E-state index contributed by atoms with van der Waals surface area (Å²) in [4.78, 5) is 16.0. The van der Waals surface area contributed by atoms with Crippen molar-refractivity contribution >= 4 is 11.6 Å². The summed E-state index contributed by atoms with van der Waals surface area (Å²) in [6.07, 6.45) is 0.905. The van der Waals surface area contributed by atoms with E-state index in [1.54, 1.807) is 0 Å². The topological polar surface area (TPSA) is 49.6 Å².